The number of carbonyl (C=O) groups excluding carboxylic acids is 1. The first kappa shape index (κ1) is 17.4. The van der Waals surface area contributed by atoms with Gasteiger partial charge in [0.05, 0.1) is 0 Å². The van der Waals surface area contributed by atoms with Gasteiger partial charge in [0.25, 0.3) is 0 Å². The first-order valence-electron chi connectivity index (χ1n) is 9.43. The van der Waals surface area contributed by atoms with Gasteiger partial charge in [-0.1, -0.05) is 30.7 Å². The van der Waals surface area contributed by atoms with Crippen LogP contribution in [0.5, 0.6) is 0 Å². The number of carbonyl (C=O) groups is 1. The van der Waals surface area contributed by atoms with E-state index in [9.17, 15) is 4.79 Å². The molecule has 132 valence electrons. The zero-order valence-corrected chi connectivity index (χ0v) is 14.8. The fourth-order valence-electron chi connectivity index (χ4n) is 4.11. The minimum absolute atomic E-state index is 0.203. The van der Waals surface area contributed by atoms with Gasteiger partial charge in [-0.15, -0.1) is 0 Å². The van der Waals surface area contributed by atoms with Gasteiger partial charge < -0.3 is 11.1 Å². The largest absolute Gasteiger partial charge is 0.353 e. The van der Waals surface area contributed by atoms with Crippen LogP contribution in [0.15, 0.2) is 24.3 Å². The summed E-state index contributed by atoms with van der Waals surface area (Å²) in [6, 6.07) is 9.17. The van der Waals surface area contributed by atoms with E-state index >= 15 is 0 Å². The number of rotatable bonds is 5. The number of nitrogens with zero attached hydrogens (tertiary/aromatic N) is 1. The van der Waals surface area contributed by atoms with Crippen molar-refractivity contribution in [3.63, 3.8) is 0 Å². The lowest BCUT2D eigenvalue weighted by molar-refractivity contribution is -0.123. The van der Waals surface area contributed by atoms with Crippen LogP contribution in [0, 0.1) is 12.8 Å². The van der Waals surface area contributed by atoms with E-state index in [2.05, 4.69) is 41.4 Å². The molecule has 2 fully saturated rings. The molecule has 2 aliphatic rings. The molecule has 0 unspecified atom stereocenters. The Hall–Kier alpha value is -1.39. The standard InChI is InChI=1S/C20H31N3O/c1-15-5-2-3-6-17(15)14-23-11-9-18(10-12-23)22-20(24)13-16-7-4-8-19(16)21/h2-3,5-6,16,18-19H,4,7-14,21H2,1H3,(H,22,24)/t16-,19+/m0/s1. The summed E-state index contributed by atoms with van der Waals surface area (Å²) in [5, 5.41) is 3.24. The second kappa shape index (κ2) is 8.13. The van der Waals surface area contributed by atoms with E-state index in [1.165, 1.54) is 17.5 Å². The van der Waals surface area contributed by atoms with Gasteiger partial charge in [-0.25, -0.2) is 0 Å². The quantitative estimate of drug-likeness (QED) is 0.873. The Kier molecular flexibility index (Phi) is 5.90. The normalized spacial score (nSPS) is 25.8. The minimum atomic E-state index is 0.203. The van der Waals surface area contributed by atoms with Gasteiger partial charge in [0.2, 0.25) is 5.91 Å². The molecule has 1 amide bonds. The van der Waals surface area contributed by atoms with Crippen LogP contribution >= 0.6 is 0 Å². The van der Waals surface area contributed by atoms with E-state index in [4.69, 9.17) is 5.73 Å². The molecule has 1 heterocycles. The van der Waals surface area contributed by atoms with E-state index in [0.29, 0.717) is 18.4 Å². The molecular formula is C20H31N3O. The third kappa shape index (κ3) is 4.58. The van der Waals surface area contributed by atoms with Gasteiger partial charge in [0, 0.05) is 38.1 Å². The van der Waals surface area contributed by atoms with Crippen LogP contribution < -0.4 is 11.1 Å². The topological polar surface area (TPSA) is 58.4 Å². The Morgan fingerprint density at radius 2 is 1.96 bits per heavy atom. The minimum Gasteiger partial charge on any atom is -0.353 e. The fourth-order valence-corrected chi connectivity index (χ4v) is 4.11. The molecule has 2 atom stereocenters. The predicted molar refractivity (Wildman–Crippen MR) is 97.6 cm³/mol. The maximum atomic E-state index is 12.2. The van der Waals surface area contributed by atoms with E-state index in [1.54, 1.807) is 0 Å². The molecule has 3 rings (SSSR count). The highest BCUT2D eigenvalue weighted by atomic mass is 16.1. The summed E-state index contributed by atoms with van der Waals surface area (Å²) in [5.74, 6) is 0.598. The van der Waals surface area contributed by atoms with Gasteiger partial charge in [0.15, 0.2) is 0 Å². The zero-order chi connectivity index (χ0) is 16.9. The predicted octanol–water partition coefficient (Wildman–Crippen LogP) is 2.59. The van der Waals surface area contributed by atoms with Crippen LogP contribution in [0.2, 0.25) is 0 Å². The number of nitrogens with two attached hydrogens (primary N) is 1. The van der Waals surface area contributed by atoms with Crippen LogP contribution in [0.3, 0.4) is 0 Å². The van der Waals surface area contributed by atoms with E-state index in [1.807, 2.05) is 0 Å². The second-order valence-corrected chi connectivity index (χ2v) is 7.60. The molecule has 1 saturated carbocycles. The van der Waals surface area contributed by atoms with Crippen molar-refractivity contribution in [1.29, 1.82) is 0 Å². The van der Waals surface area contributed by atoms with Crippen LogP contribution in [0.25, 0.3) is 0 Å². The first-order chi connectivity index (χ1) is 11.6. The van der Waals surface area contributed by atoms with Crippen molar-refractivity contribution in [1.82, 2.24) is 10.2 Å². The van der Waals surface area contributed by atoms with E-state index < -0.39 is 0 Å². The van der Waals surface area contributed by atoms with Gasteiger partial charge in [-0.2, -0.15) is 0 Å². The van der Waals surface area contributed by atoms with Crippen molar-refractivity contribution in [2.24, 2.45) is 11.7 Å². The molecule has 4 nitrogen and oxygen atoms in total. The molecule has 0 aromatic heterocycles. The van der Waals surface area contributed by atoms with Crippen LogP contribution in [-0.2, 0) is 11.3 Å². The Morgan fingerprint density at radius 1 is 1.21 bits per heavy atom. The maximum Gasteiger partial charge on any atom is 0.220 e. The third-order valence-electron chi connectivity index (χ3n) is 5.77. The molecule has 24 heavy (non-hydrogen) atoms. The highest BCUT2D eigenvalue weighted by molar-refractivity contribution is 5.76. The average Bonchev–Trinajstić information content (AvgIpc) is 2.96. The Balaban J connectivity index is 1.40. The summed E-state index contributed by atoms with van der Waals surface area (Å²) in [6.45, 7) is 5.31. The third-order valence-corrected chi connectivity index (χ3v) is 5.77. The van der Waals surface area contributed by atoms with Crippen molar-refractivity contribution >= 4 is 5.91 Å². The molecule has 1 aliphatic carbocycles. The van der Waals surface area contributed by atoms with Crippen LogP contribution in [-0.4, -0.2) is 36.0 Å². The van der Waals surface area contributed by atoms with Crippen molar-refractivity contribution in [3.8, 4) is 0 Å². The van der Waals surface area contributed by atoms with E-state index in [-0.39, 0.29) is 11.9 Å². The van der Waals surface area contributed by atoms with Gasteiger partial charge in [-0.3, -0.25) is 9.69 Å². The van der Waals surface area contributed by atoms with E-state index in [0.717, 1.165) is 45.3 Å². The number of amides is 1. The lowest BCUT2D eigenvalue weighted by Crippen LogP contribution is -2.45. The molecule has 4 heteroatoms. The molecule has 3 N–H and O–H groups in total. The molecule has 0 bridgehead atoms. The van der Waals surface area contributed by atoms with Crippen LogP contribution in [0.1, 0.15) is 49.7 Å². The number of benzene rings is 1. The van der Waals surface area contributed by atoms with Crippen molar-refractivity contribution in [2.75, 3.05) is 13.1 Å². The number of likely N-dealkylation sites (tertiary alicyclic amines) is 1. The van der Waals surface area contributed by atoms with Crippen molar-refractivity contribution in [3.05, 3.63) is 35.4 Å². The smallest absolute Gasteiger partial charge is 0.220 e. The van der Waals surface area contributed by atoms with Gasteiger partial charge in [0.1, 0.15) is 0 Å². The average molecular weight is 329 g/mol. The Labute approximate surface area is 145 Å². The number of hydrogen-bond donors (Lipinski definition) is 2. The first-order valence-corrected chi connectivity index (χ1v) is 9.43. The number of aryl methyl sites for hydroxylation is 1. The molecule has 0 radical (unpaired) electrons. The molecule has 1 saturated heterocycles. The number of hydrogen-bond acceptors (Lipinski definition) is 3. The lowest BCUT2D eigenvalue weighted by atomic mass is 9.98. The fraction of sp³-hybridized carbons (Fsp3) is 0.650. The van der Waals surface area contributed by atoms with Crippen LogP contribution in [0.4, 0.5) is 0 Å². The SMILES string of the molecule is Cc1ccccc1CN1CCC(NC(=O)C[C@@H]2CCC[C@H]2N)CC1. The second-order valence-electron chi connectivity index (χ2n) is 7.60. The highest BCUT2D eigenvalue weighted by Gasteiger charge is 2.27. The Bertz CT molecular complexity index is 552. The van der Waals surface area contributed by atoms with Crippen molar-refractivity contribution in [2.45, 2.75) is 64.1 Å². The molecular weight excluding hydrogens is 298 g/mol. The summed E-state index contributed by atoms with van der Waals surface area (Å²) in [7, 11) is 0. The zero-order valence-electron chi connectivity index (χ0n) is 14.8. The van der Waals surface area contributed by atoms with Crippen molar-refractivity contribution < 1.29 is 4.79 Å². The summed E-state index contributed by atoms with van der Waals surface area (Å²) >= 11 is 0. The molecule has 1 aliphatic heterocycles. The molecule has 1 aromatic carbocycles. The van der Waals surface area contributed by atoms with Gasteiger partial charge >= 0.3 is 0 Å². The summed E-state index contributed by atoms with van der Waals surface area (Å²) in [5.41, 5.74) is 8.85. The number of nitrogens with one attached hydrogen (secondary N) is 1. The summed E-state index contributed by atoms with van der Waals surface area (Å²) in [4.78, 5) is 14.7. The molecule has 0 spiro atoms. The lowest BCUT2D eigenvalue weighted by Gasteiger charge is -2.33. The summed E-state index contributed by atoms with van der Waals surface area (Å²) in [6.07, 6.45) is 6.09. The Morgan fingerprint density at radius 3 is 2.62 bits per heavy atom. The monoisotopic (exact) mass is 329 g/mol. The maximum absolute atomic E-state index is 12.2. The summed E-state index contributed by atoms with van der Waals surface area (Å²) < 4.78 is 0. The highest BCUT2D eigenvalue weighted by Crippen LogP contribution is 2.27. The number of piperidine rings is 1. The molecule has 1 aromatic rings. The van der Waals surface area contributed by atoms with Gasteiger partial charge in [-0.05, 0) is 49.7 Å².